The zero-order valence-electron chi connectivity index (χ0n) is 21.4. The molecular weight excluding hydrogens is 450 g/mol. The summed E-state index contributed by atoms with van der Waals surface area (Å²) in [5.41, 5.74) is 2.92. The van der Waals surface area contributed by atoms with Gasteiger partial charge in [0, 0.05) is 35.6 Å². The van der Waals surface area contributed by atoms with Gasteiger partial charge >= 0.3 is 5.97 Å². The van der Waals surface area contributed by atoms with Gasteiger partial charge in [0.2, 0.25) is 5.75 Å². The highest BCUT2D eigenvalue weighted by atomic mass is 16.6. The minimum Gasteiger partial charge on any atom is -0.493 e. The van der Waals surface area contributed by atoms with Gasteiger partial charge in [-0.05, 0) is 37.7 Å². The lowest BCUT2D eigenvalue weighted by atomic mass is 9.68. The molecule has 8 nitrogen and oxygen atoms in total. The summed E-state index contributed by atoms with van der Waals surface area (Å²) < 4.78 is 28.2. The maximum absolute atomic E-state index is 13.6. The first-order chi connectivity index (χ1) is 16.7. The SMILES string of the molecule is COc1ccc(C2C(C(=O)OCC3CCCO3)=C(C)NC3=C2C(=O)CC(C)(C)C3)c(OC)c1OC. The van der Waals surface area contributed by atoms with Crippen LogP contribution in [0.25, 0.3) is 0 Å². The summed E-state index contributed by atoms with van der Waals surface area (Å²) in [6.45, 7) is 6.86. The highest BCUT2D eigenvalue weighted by molar-refractivity contribution is 6.04. The summed E-state index contributed by atoms with van der Waals surface area (Å²) in [6.07, 6.45) is 2.79. The first kappa shape index (κ1) is 25.1. The van der Waals surface area contributed by atoms with E-state index in [-0.39, 0.29) is 23.9 Å². The van der Waals surface area contributed by atoms with Crippen LogP contribution >= 0.6 is 0 Å². The van der Waals surface area contributed by atoms with Crippen molar-refractivity contribution in [3.05, 3.63) is 40.2 Å². The Labute approximate surface area is 206 Å². The monoisotopic (exact) mass is 485 g/mol. The number of carbonyl (C=O) groups is 2. The Morgan fingerprint density at radius 2 is 1.86 bits per heavy atom. The van der Waals surface area contributed by atoms with E-state index in [1.807, 2.05) is 13.0 Å². The molecule has 1 saturated heterocycles. The minimum absolute atomic E-state index is 0.00233. The zero-order chi connectivity index (χ0) is 25.3. The third kappa shape index (κ3) is 4.76. The summed E-state index contributed by atoms with van der Waals surface area (Å²) in [5.74, 6) is 0.179. The fraction of sp³-hybridized carbons (Fsp3) is 0.556. The van der Waals surface area contributed by atoms with Crippen LogP contribution in [-0.4, -0.2) is 52.4 Å². The number of ether oxygens (including phenoxy) is 5. The Hall–Kier alpha value is -3.00. The second kappa shape index (κ2) is 9.93. The highest BCUT2D eigenvalue weighted by Gasteiger charge is 2.44. The standard InChI is InChI=1S/C27H35NO7/c1-15-21(26(30)35-14-16-8-7-11-34-16)22(23-18(28-15)12-27(2,3)13-19(23)29)17-9-10-20(31-4)25(33-6)24(17)32-5/h9-10,16,22,28H,7-8,11-14H2,1-6H3. The van der Waals surface area contributed by atoms with Crippen molar-refractivity contribution in [1.82, 2.24) is 5.32 Å². The predicted molar refractivity (Wildman–Crippen MR) is 130 cm³/mol. The van der Waals surface area contributed by atoms with Gasteiger partial charge in [-0.1, -0.05) is 19.9 Å². The van der Waals surface area contributed by atoms with Crippen molar-refractivity contribution in [1.29, 1.82) is 0 Å². The minimum atomic E-state index is -0.665. The Kier molecular flexibility index (Phi) is 7.12. The molecule has 190 valence electrons. The Balaban J connectivity index is 1.84. The fourth-order valence-electron chi connectivity index (χ4n) is 5.39. The van der Waals surface area contributed by atoms with Crippen LogP contribution in [0.1, 0.15) is 57.9 Å². The molecule has 1 aromatic rings. The van der Waals surface area contributed by atoms with Crippen molar-refractivity contribution in [2.24, 2.45) is 5.41 Å². The van der Waals surface area contributed by atoms with E-state index < -0.39 is 11.9 Å². The van der Waals surface area contributed by atoms with Gasteiger partial charge in [-0.25, -0.2) is 4.79 Å². The predicted octanol–water partition coefficient (Wildman–Crippen LogP) is 4.04. The molecule has 4 rings (SSSR count). The zero-order valence-corrected chi connectivity index (χ0v) is 21.4. The van der Waals surface area contributed by atoms with Gasteiger partial charge in [0.05, 0.1) is 38.9 Å². The number of ketones is 1. The molecule has 2 unspecified atom stereocenters. The van der Waals surface area contributed by atoms with Gasteiger partial charge in [0.15, 0.2) is 17.3 Å². The second-order valence-corrected chi connectivity index (χ2v) is 10.1. The van der Waals surface area contributed by atoms with Crippen molar-refractivity contribution in [3.8, 4) is 17.2 Å². The third-order valence-corrected chi connectivity index (χ3v) is 6.93. The fourth-order valence-corrected chi connectivity index (χ4v) is 5.39. The lowest BCUT2D eigenvalue weighted by Crippen LogP contribution is -2.39. The molecular formula is C27H35NO7. The molecule has 1 aliphatic carbocycles. The third-order valence-electron chi connectivity index (χ3n) is 6.93. The number of hydrogen-bond acceptors (Lipinski definition) is 8. The van der Waals surface area contributed by atoms with Gasteiger partial charge in [-0.15, -0.1) is 0 Å². The Morgan fingerprint density at radius 1 is 1.11 bits per heavy atom. The number of rotatable bonds is 7. The van der Waals surface area contributed by atoms with E-state index in [1.54, 1.807) is 13.2 Å². The first-order valence-corrected chi connectivity index (χ1v) is 12.0. The number of benzene rings is 1. The van der Waals surface area contributed by atoms with Crippen LogP contribution in [0.4, 0.5) is 0 Å². The van der Waals surface area contributed by atoms with E-state index >= 15 is 0 Å². The molecule has 1 fully saturated rings. The van der Waals surface area contributed by atoms with Gasteiger partial charge < -0.3 is 29.0 Å². The van der Waals surface area contributed by atoms with Crippen molar-refractivity contribution < 1.29 is 33.3 Å². The molecule has 35 heavy (non-hydrogen) atoms. The Bertz CT molecular complexity index is 1080. The van der Waals surface area contributed by atoms with Gasteiger partial charge in [-0.3, -0.25) is 4.79 Å². The van der Waals surface area contributed by atoms with Crippen LogP contribution in [0.2, 0.25) is 0 Å². The van der Waals surface area contributed by atoms with Crippen LogP contribution in [0.3, 0.4) is 0 Å². The largest absolute Gasteiger partial charge is 0.493 e. The number of methoxy groups -OCH3 is 3. The number of Topliss-reactive ketones (excluding diaryl/α,β-unsaturated/α-hetero) is 1. The summed E-state index contributed by atoms with van der Waals surface area (Å²) in [7, 11) is 4.62. The first-order valence-electron chi connectivity index (χ1n) is 12.0. The number of allylic oxidation sites excluding steroid dienone is 3. The maximum Gasteiger partial charge on any atom is 0.336 e. The lowest BCUT2D eigenvalue weighted by Gasteiger charge is -2.39. The normalized spacial score (nSPS) is 23.5. The molecule has 0 radical (unpaired) electrons. The van der Waals surface area contributed by atoms with Crippen LogP contribution < -0.4 is 19.5 Å². The highest BCUT2D eigenvalue weighted by Crippen LogP contribution is 2.51. The van der Waals surface area contributed by atoms with E-state index in [9.17, 15) is 9.59 Å². The molecule has 8 heteroatoms. The van der Waals surface area contributed by atoms with Crippen molar-refractivity contribution in [2.45, 2.75) is 58.5 Å². The number of nitrogens with one attached hydrogen (secondary N) is 1. The second-order valence-electron chi connectivity index (χ2n) is 10.1. The van der Waals surface area contributed by atoms with Crippen molar-refractivity contribution >= 4 is 11.8 Å². The number of esters is 1. The van der Waals surface area contributed by atoms with Crippen LogP contribution in [0.5, 0.6) is 17.2 Å². The van der Waals surface area contributed by atoms with Crippen molar-refractivity contribution in [3.63, 3.8) is 0 Å². The maximum atomic E-state index is 13.6. The number of hydrogen-bond donors (Lipinski definition) is 1. The quantitative estimate of drug-likeness (QED) is 0.579. The molecule has 2 atom stereocenters. The van der Waals surface area contributed by atoms with E-state index in [2.05, 4.69) is 19.2 Å². The van der Waals surface area contributed by atoms with Gasteiger partial charge in [-0.2, -0.15) is 0 Å². The van der Waals surface area contributed by atoms with E-state index in [0.29, 0.717) is 59.1 Å². The van der Waals surface area contributed by atoms with Crippen LogP contribution in [-0.2, 0) is 19.1 Å². The number of dihydropyridines is 1. The number of carbonyl (C=O) groups excluding carboxylic acids is 2. The molecule has 2 aliphatic heterocycles. The molecule has 0 saturated carbocycles. The Morgan fingerprint density at radius 3 is 2.49 bits per heavy atom. The van der Waals surface area contributed by atoms with Gasteiger partial charge in [0.1, 0.15) is 6.61 Å². The van der Waals surface area contributed by atoms with Crippen LogP contribution in [0.15, 0.2) is 34.7 Å². The molecule has 0 bridgehead atoms. The van der Waals surface area contributed by atoms with E-state index in [4.69, 9.17) is 23.7 Å². The van der Waals surface area contributed by atoms with E-state index in [1.165, 1.54) is 14.2 Å². The van der Waals surface area contributed by atoms with Gasteiger partial charge in [0.25, 0.3) is 0 Å². The summed E-state index contributed by atoms with van der Waals surface area (Å²) in [4.78, 5) is 27.1. The average Bonchev–Trinajstić information content (AvgIpc) is 3.33. The lowest BCUT2D eigenvalue weighted by molar-refractivity contribution is -0.142. The summed E-state index contributed by atoms with van der Waals surface area (Å²) >= 11 is 0. The summed E-state index contributed by atoms with van der Waals surface area (Å²) in [6, 6.07) is 3.59. The molecule has 0 spiro atoms. The molecule has 1 N–H and O–H groups in total. The molecule has 0 aromatic heterocycles. The molecule has 1 aromatic carbocycles. The smallest absolute Gasteiger partial charge is 0.336 e. The topological polar surface area (TPSA) is 92.3 Å². The van der Waals surface area contributed by atoms with E-state index in [0.717, 1.165) is 18.5 Å². The summed E-state index contributed by atoms with van der Waals surface area (Å²) in [5, 5.41) is 3.36. The molecule has 3 aliphatic rings. The molecule has 2 heterocycles. The van der Waals surface area contributed by atoms with Crippen LogP contribution in [0, 0.1) is 5.41 Å². The molecule has 0 amide bonds. The average molecular weight is 486 g/mol. The van der Waals surface area contributed by atoms with Crippen molar-refractivity contribution in [2.75, 3.05) is 34.5 Å².